The molecule has 3 atom stereocenters. The second-order valence-corrected chi connectivity index (χ2v) is 5.25. The van der Waals surface area contributed by atoms with E-state index in [9.17, 15) is 9.59 Å². The zero-order valence-electron chi connectivity index (χ0n) is 12.8. The Hall–Kier alpha value is -1.44. The molecule has 0 aromatic heterocycles. The van der Waals surface area contributed by atoms with Crippen LogP contribution in [0.25, 0.3) is 0 Å². The zero-order valence-corrected chi connectivity index (χ0v) is 12.8. The summed E-state index contributed by atoms with van der Waals surface area (Å²) in [6, 6.07) is 0. The van der Waals surface area contributed by atoms with Crippen molar-refractivity contribution in [1.82, 2.24) is 5.48 Å². The summed E-state index contributed by atoms with van der Waals surface area (Å²) in [6.45, 7) is 7.16. The Balaban J connectivity index is 0.000000383. The Bertz CT molecular complexity index is 406. The Morgan fingerprint density at radius 2 is 2.05 bits per heavy atom. The number of hydroxylamine groups is 1. The minimum atomic E-state index is -0.605. The highest BCUT2D eigenvalue weighted by Gasteiger charge is 2.47. The lowest BCUT2D eigenvalue weighted by molar-refractivity contribution is -0.160. The van der Waals surface area contributed by atoms with E-state index >= 15 is 0 Å². The number of rotatable bonds is 2. The number of hydrogen-bond donors (Lipinski definition) is 2. The summed E-state index contributed by atoms with van der Waals surface area (Å²) in [6.07, 6.45) is 4.38. The van der Waals surface area contributed by atoms with Gasteiger partial charge in [-0.15, -0.1) is 0 Å². The Kier molecular flexibility index (Phi) is 6.32. The van der Waals surface area contributed by atoms with E-state index in [0.29, 0.717) is 6.61 Å². The Morgan fingerprint density at radius 3 is 2.57 bits per heavy atom. The predicted molar refractivity (Wildman–Crippen MR) is 73.3 cm³/mol. The van der Waals surface area contributed by atoms with Gasteiger partial charge in [-0.05, 0) is 27.2 Å². The maximum absolute atomic E-state index is 11.7. The molecule has 0 unspecified atom stereocenters. The molecule has 1 aliphatic heterocycles. The van der Waals surface area contributed by atoms with Crippen molar-refractivity contribution in [2.24, 2.45) is 5.92 Å². The quantitative estimate of drug-likeness (QED) is 0.344. The van der Waals surface area contributed by atoms with E-state index in [4.69, 9.17) is 19.4 Å². The second-order valence-electron chi connectivity index (χ2n) is 5.25. The van der Waals surface area contributed by atoms with E-state index < -0.39 is 11.7 Å². The number of nitrogens with one attached hydrogen (secondary N) is 1. The van der Waals surface area contributed by atoms with E-state index in [0.717, 1.165) is 6.42 Å². The smallest absolute Gasteiger partial charge is 0.315 e. The fourth-order valence-corrected chi connectivity index (χ4v) is 2.27. The van der Waals surface area contributed by atoms with Crippen LogP contribution in [0.4, 0.5) is 0 Å². The van der Waals surface area contributed by atoms with Gasteiger partial charge in [-0.3, -0.25) is 14.8 Å². The molecule has 0 saturated carbocycles. The molecule has 7 heteroatoms. The highest BCUT2D eigenvalue weighted by Crippen LogP contribution is 2.37. The van der Waals surface area contributed by atoms with Gasteiger partial charge >= 0.3 is 5.97 Å². The molecule has 1 saturated heterocycles. The molecule has 2 N–H and O–H groups in total. The first kappa shape index (κ1) is 17.6. The number of fused-ring (bicyclic) bond motifs is 1. The van der Waals surface area contributed by atoms with Gasteiger partial charge in [-0.1, -0.05) is 12.2 Å². The molecule has 0 aromatic carbocycles. The lowest BCUT2D eigenvalue weighted by Crippen LogP contribution is -2.38. The zero-order chi connectivity index (χ0) is 16.0. The third-order valence-electron chi connectivity index (χ3n) is 3.00. The first-order valence-electron chi connectivity index (χ1n) is 6.90. The number of amides is 1. The van der Waals surface area contributed by atoms with Crippen LogP contribution in [0.1, 0.15) is 34.1 Å². The van der Waals surface area contributed by atoms with Crippen LogP contribution >= 0.6 is 0 Å². The standard InChI is InChI=1S/C12H18O4.C2H5NO2/c1-4-14-11(13)8-6-5-7-9-10(8)16-12(2,3)15-9;1-2(4)3-5/h5-6,8-10H,4,7H2,1-3H3;5H,1H3,(H,3,4)/t8-,9+,10-;/m1./s1. The van der Waals surface area contributed by atoms with Crippen LogP contribution in [-0.4, -0.2) is 41.7 Å². The van der Waals surface area contributed by atoms with Crippen LogP contribution < -0.4 is 5.48 Å². The van der Waals surface area contributed by atoms with Crippen LogP contribution in [0, 0.1) is 5.92 Å². The highest BCUT2D eigenvalue weighted by molar-refractivity contribution is 5.75. The molecule has 1 amide bonds. The van der Waals surface area contributed by atoms with Crippen molar-refractivity contribution in [1.29, 1.82) is 0 Å². The number of carbonyl (C=O) groups is 2. The van der Waals surface area contributed by atoms with Crippen molar-refractivity contribution >= 4 is 11.9 Å². The number of hydrogen-bond acceptors (Lipinski definition) is 6. The molecular weight excluding hydrogens is 278 g/mol. The Labute approximate surface area is 124 Å². The van der Waals surface area contributed by atoms with Gasteiger partial charge in [-0.2, -0.15) is 0 Å². The average Bonchev–Trinajstić information content (AvgIpc) is 2.73. The fourth-order valence-electron chi connectivity index (χ4n) is 2.27. The molecule has 2 rings (SSSR count). The van der Waals surface area contributed by atoms with Crippen LogP contribution in [0.3, 0.4) is 0 Å². The monoisotopic (exact) mass is 301 g/mol. The van der Waals surface area contributed by atoms with Crippen LogP contribution in [0.15, 0.2) is 12.2 Å². The Morgan fingerprint density at radius 1 is 1.43 bits per heavy atom. The second kappa shape index (κ2) is 7.53. The molecule has 0 aromatic rings. The molecule has 1 fully saturated rings. The van der Waals surface area contributed by atoms with Crippen molar-refractivity contribution in [2.45, 2.75) is 52.1 Å². The molecule has 0 bridgehead atoms. The van der Waals surface area contributed by atoms with Crippen molar-refractivity contribution in [2.75, 3.05) is 6.61 Å². The maximum atomic E-state index is 11.7. The van der Waals surface area contributed by atoms with E-state index in [1.54, 1.807) is 6.92 Å². The molecule has 21 heavy (non-hydrogen) atoms. The van der Waals surface area contributed by atoms with Gasteiger partial charge in [0.25, 0.3) is 0 Å². The summed E-state index contributed by atoms with van der Waals surface area (Å²) in [4.78, 5) is 21.2. The van der Waals surface area contributed by atoms with Gasteiger partial charge in [-0.25, -0.2) is 5.48 Å². The molecular formula is C14H23NO6. The average molecular weight is 301 g/mol. The fraction of sp³-hybridized carbons (Fsp3) is 0.714. The van der Waals surface area contributed by atoms with E-state index in [1.165, 1.54) is 12.4 Å². The van der Waals surface area contributed by atoms with Gasteiger partial charge in [0.05, 0.1) is 12.7 Å². The summed E-state index contributed by atoms with van der Waals surface area (Å²) < 4.78 is 16.5. The van der Waals surface area contributed by atoms with Gasteiger partial charge in [0.15, 0.2) is 5.79 Å². The van der Waals surface area contributed by atoms with Crippen molar-refractivity contribution in [3.63, 3.8) is 0 Å². The molecule has 7 nitrogen and oxygen atoms in total. The summed E-state index contributed by atoms with van der Waals surface area (Å²) in [5.41, 5.74) is 1.39. The van der Waals surface area contributed by atoms with E-state index in [1.807, 2.05) is 26.0 Å². The van der Waals surface area contributed by atoms with Crippen molar-refractivity contribution in [3.8, 4) is 0 Å². The topological polar surface area (TPSA) is 94.1 Å². The summed E-state index contributed by atoms with van der Waals surface area (Å²) in [5.74, 6) is -1.60. The first-order chi connectivity index (χ1) is 9.80. The molecule has 120 valence electrons. The summed E-state index contributed by atoms with van der Waals surface area (Å²) in [5, 5.41) is 7.54. The molecule has 1 heterocycles. The van der Waals surface area contributed by atoms with Crippen LogP contribution in [0.5, 0.6) is 0 Å². The lowest BCUT2D eigenvalue weighted by Gasteiger charge is -2.25. The van der Waals surface area contributed by atoms with Crippen LogP contribution in [-0.2, 0) is 23.8 Å². The minimum Gasteiger partial charge on any atom is -0.465 e. The van der Waals surface area contributed by atoms with Crippen LogP contribution in [0.2, 0.25) is 0 Å². The number of carbonyl (C=O) groups excluding carboxylic acids is 2. The van der Waals surface area contributed by atoms with Crippen molar-refractivity contribution in [3.05, 3.63) is 12.2 Å². The SMILES string of the molecule is CC(=O)NO.CCOC(=O)[C@@H]1C=CC[C@@H]2OC(C)(C)O[C@@H]21. The van der Waals surface area contributed by atoms with Gasteiger partial charge in [0, 0.05) is 6.92 Å². The van der Waals surface area contributed by atoms with E-state index in [-0.39, 0.29) is 24.1 Å². The normalized spacial score (nSPS) is 28.9. The first-order valence-corrected chi connectivity index (χ1v) is 6.90. The predicted octanol–water partition coefficient (Wildman–Crippen LogP) is 1.16. The molecule has 1 aliphatic carbocycles. The molecule has 2 aliphatic rings. The number of esters is 1. The lowest BCUT2D eigenvalue weighted by atomic mass is 9.90. The minimum absolute atomic E-state index is 0.0330. The van der Waals surface area contributed by atoms with Gasteiger partial charge in [0.1, 0.15) is 12.0 Å². The van der Waals surface area contributed by atoms with E-state index in [2.05, 4.69) is 0 Å². The third kappa shape index (κ3) is 5.11. The largest absolute Gasteiger partial charge is 0.465 e. The number of ether oxygens (including phenoxy) is 3. The van der Waals surface area contributed by atoms with Gasteiger partial charge in [0.2, 0.25) is 5.91 Å². The summed E-state index contributed by atoms with van der Waals surface area (Å²) in [7, 11) is 0. The molecule has 0 spiro atoms. The molecule has 0 radical (unpaired) electrons. The maximum Gasteiger partial charge on any atom is 0.315 e. The van der Waals surface area contributed by atoms with Gasteiger partial charge < -0.3 is 14.2 Å². The van der Waals surface area contributed by atoms with Crippen molar-refractivity contribution < 1.29 is 29.0 Å². The highest BCUT2D eigenvalue weighted by atomic mass is 16.8. The summed E-state index contributed by atoms with van der Waals surface area (Å²) >= 11 is 0. The third-order valence-corrected chi connectivity index (χ3v) is 3.00.